The second kappa shape index (κ2) is 15.2. The maximum atomic E-state index is 2.73. The number of hydrogen-bond donors (Lipinski definition) is 0. The van der Waals surface area contributed by atoms with Gasteiger partial charge in [-0.2, -0.15) is 0 Å². The van der Waals surface area contributed by atoms with Crippen LogP contribution in [0.3, 0.4) is 0 Å². The Morgan fingerprint density at radius 2 is 1.13 bits per heavy atom. The second-order valence-electron chi connectivity index (χ2n) is 26.8. The van der Waals surface area contributed by atoms with Gasteiger partial charge >= 0.3 is 0 Å². The van der Waals surface area contributed by atoms with Crippen molar-refractivity contribution >= 4 is 88.7 Å². The minimum Gasteiger partial charge on any atom is -0.311 e. The summed E-state index contributed by atoms with van der Waals surface area (Å²) in [7, 11) is 0. The van der Waals surface area contributed by atoms with Gasteiger partial charge in [0.2, 0.25) is 0 Å². The topological polar surface area (TPSA) is 6.48 Å². The molecule has 0 spiro atoms. The van der Waals surface area contributed by atoms with Crippen LogP contribution in [0.1, 0.15) is 162 Å². The van der Waals surface area contributed by atoms with Crippen LogP contribution in [0.4, 0.5) is 34.1 Å². The Morgan fingerprint density at radius 1 is 0.507 bits per heavy atom. The first-order valence-electron chi connectivity index (χ1n) is 26.6. The Morgan fingerprint density at radius 3 is 1.77 bits per heavy atom. The van der Waals surface area contributed by atoms with Gasteiger partial charge in [0.15, 0.2) is 0 Å². The van der Waals surface area contributed by atoms with E-state index in [1.54, 1.807) is 0 Å². The van der Waals surface area contributed by atoms with Crippen molar-refractivity contribution in [1.29, 1.82) is 0 Å². The molecular weight excluding hydrogens is 876 g/mol. The summed E-state index contributed by atoms with van der Waals surface area (Å²) in [4.78, 5) is 5.44. The number of benzene rings is 7. The number of thiophene rings is 1. The second-order valence-corrected chi connectivity index (χ2v) is 27.9. The summed E-state index contributed by atoms with van der Waals surface area (Å²) < 4.78 is 2.72. The van der Waals surface area contributed by atoms with Crippen molar-refractivity contribution in [3.63, 3.8) is 0 Å². The highest BCUT2D eigenvalue weighted by molar-refractivity contribution is 7.26. The van der Waals surface area contributed by atoms with Crippen molar-refractivity contribution in [2.75, 3.05) is 9.80 Å². The van der Waals surface area contributed by atoms with E-state index >= 15 is 0 Å². The SMILES string of the molecule is Cc1cc2c3c(c1)N(c1ccc(C(C)(C)C)cc1-c1ccccc1)c1c(ccc4c1sc1cccc(C(C)(C)C)c14)B3c1cc3c(cc1N2c1ccc2c(c1)C(C)(C)CCC2(C)C)C(C)(C)CCC3(C)C. The van der Waals surface area contributed by atoms with E-state index in [1.165, 1.54) is 146 Å². The summed E-state index contributed by atoms with van der Waals surface area (Å²) in [5, 5.41) is 2.75. The highest BCUT2D eigenvalue weighted by Gasteiger charge is 2.48. The fraction of sp³-hybridized carbons (Fsp3) is 0.373. The van der Waals surface area contributed by atoms with Crippen LogP contribution in [0, 0.1) is 6.92 Å². The number of anilines is 6. The zero-order chi connectivity index (χ0) is 50.1. The lowest BCUT2D eigenvalue weighted by atomic mass is 9.33. The third-order valence-electron chi connectivity index (χ3n) is 17.9. The van der Waals surface area contributed by atoms with Gasteiger partial charge in [-0.3, -0.25) is 0 Å². The van der Waals surface area contributed by atoms with Crippen molar-refractivity contribution in [2.24, 2.45) is 0 Å². The average molecular weight is 949 g/mol. The molecule has 3 heterocycles. The minimum atomic E-state index is -0.0259. The standard InChI is InChI=1S/C67H73BN2S/c1-40-34-55-59-56(35-40)70(53-29-24-42(62(2,3)4)36-45(53)41-20-17-16-18-21-41)60-51(28-26-44-58-47(63(5,6)7)22-19-23-57(58)71-61(44)60)68(59)52-38-49-50(67(14,15)33-32-66(49,12)13)39-54(52)69(55)43-25-27-46-48(37-43)65(10,11)31-30-64(46,8)9/h16-29,34-39H,30-33H2,1-15H3. The molecule has 2 aliphatic carbocycles. The Hall–Kier alpha value is -5.58. The molecule has 0 radical (unpaired) electrons. The van der Waals surface area contributed by atoms with Crippen LogP contribution in [0.25, 0.3) is 31.3 Å². The largest absolute Gasteiger partial charge is 0.311 e. The average Bonchev–Trinajstić information content (AvgIpc) is 3.70. The van der Waals surface area contributed by atoms with E-state index in [2.05, 4.69) is 235 Å². The third-order valence-corrected chi connectivity index (χ3v) is 19.1. The van der Waals surface area contributed by atoms with Gasteiger partial charge in [0, 0.05) is 43.8 Å². The molecule has 1 aromatic heterocycles. The molecule has 12 rings (SSSR count). The predicted molar refractivity (Wildman–Crippen MR) is 311 cm³/mol. The van der Waals surface area contributed by atoms with Crippen molar-refractivity contribution < 1.29 is 0 Å². The zero-order valence-corrected chi connectivity index (χ0v) is 46.1. The van der Waals surface area contributed by atoms with Gasteiger partial charge in [0.25, 0.3) is 6.71 Å². The Bertz CT molecular complexity index is 3530. The first-order valence-corrected chi connectivity index (χ1v) is 27.4. The highest BCUT2D eigenvalue weighted by Crippen LogP contribution is 2.55. The van der Waals surface area contributed by atoms with E-state index in [-0.39, 0.29) is 39.2 Å². The molecule has 2 aliphatic heterocycles. The first kappa shape index (κ1) is 46.5. The first-order chi connectivity index (χ1) is 33.4. The molecule has 0 saturated carbocycles. The van der Waals surface area contributed by atoms with E-state index in [0.717, 1.165) is 0 Å². The number of aryl methyl sites for hydroxylation is 1. The summed E-state index contributed by atoms with van der Waals surface area (Å²) in [5.41, 5.74) is 24.7. The van der Waals surface area contributed by atoms with Crippen molar-refractivity contribution in [3.05, 3.63) is 160 Å². The van der Waals surface area contributed by atoms with Crippen molar-refractivity contribution in [2.45, 2.75) is 162 Å². The summed E-state index contributed by atoms with van der Waals surface area (Å²) >= 11 is 1.99. The van der Waals surface area contributed by atoms with Gasteiger partial charge < -0.3 is 9.80 Å². The molecular formula is C67H73BN2S. The molecule has 8 aromatic rings. The number of hydrogen-bond acceptors (Lipinski definition) is 3. The van der Waals surface area contributed by atoms with E-state index in [0.29, 0.717) is 0 Å². The van der Waals surface area contributed by atoms with Crippen LogP contribution in [0.2, 0.25) is 0 Å². The molecule has 0 bridgehead atoms. The molecule has 7 aromatic carbocycles. The van der Waals surface area contributed by atoms with E-state index in [1.807, 2.05) is 11.3 Å². The molecule has 0 fully saturated rings. The van der Waals surface area contributed by atoms with Crippen LogP contribution in [0.15, 0.2) is 121 Å². The van der Waals surface area contributed by atoms with Gasteiger partial charge in [0.05, 0.1) is 16.1 Å². The Labute approximate surface area is 429 Å². The van der Waals surface area contributed by atoms with Crippen LogP contribution < -0.4 is 26.2 Å². The third kappa shape index (κ3) is 7.00. The van der Waals surface area contributed by atoms with Crippen molar-refractivity contribution in [3.8, 4) is 11.1 Å². The van der Waals surface area contributed by atoms with Crippen molar-refractivity contribution in [1.82, 2.24) is 0 Å². The molecule has 71 heavy (non-hydrogen) atoms. The summed E-state index contributed by atoms with van der Waals surface area (Å²) in [6.45, 7) is 36.4. The molecule has 0 atom stereocenters. The zero-order valence-electron chi connectivity index (χ0n) is 45.3. The summed E-state index contributed by atoms with van der Waals surface area (Å²) in [6, 6.07) is 48.6. The molecule has 4 heteroatoms. The van der Waals surface area contributed by atoms with Gasteiger partial charge in [0.1, 0.15) is 0 Å². The highest BCUT2D eigenvalue weighted by atomic mass is 32.1. The van der Waals surface area contributed by atoms with Gasteiger partial charge in [-0.05, 0) is 175 Å². The monoisotopic (exact) mass is 949 g/mol. The molecule has 360 valence electrons. The smallest absolute Gasteiger partial charge is 0.252 e. The number of rotatable bonds is 3. The molecule has 2 nitrogen and oxygen atoms in total. The van der Waals surface area contributed by atoms with E-state index in [4.69, 9.17) is 0 Å². The van der Waals surface area contributed by atoms with Crippen LogP contribution in [-0.4, -0.2) is 6.71 Å². The molecule has 0 saturated heterocycles. The molecule has 0 amide bonds. The maximum absolute atomic E-state index is 2.73. The van der Waals surface area contributed by atoms with Crippen LogP contribution in [0.5, 0.6) is 0 Å². The molecule has 0 N–H and O–H groups in total. The van der Waals surface area contributed by atoms with Gasteiger partial charge in [-0.25, -0.2) is 0 Å². The Kier molecular flexibility index (Phi) is 9.98. The van der Waals surface area contributed by atoms with Crippen LogP contribution >= 0.6 is 11.3 Å². The fourth-order valence-electron chi connectivity index (χ4n) is 13.5. The normalized spacial score (nSPS) is 18.2. The number of nitrogens with zero attached hydrogens (tertiary/aromatic N) is 2. The fourth-order valence-corrected chi connectivity index (χ4v) is 14.7. The Balaban J connectivity index is 1.24. The quantitative estimate of drug-likeness (QED) is 0.163. The lowest BCUT2D eigenvalue weighted by molar-refractivity contribution is 0.332. The van der Waals surface area contributed by atoms with Gasteiger partial charge in [-0.15, -0.1) is 11.3 Å². The maximum Gasteiger partial charge on any atom is 0.252 e. The lowest BCUT2D eigenvalue weighted by Gasteiger charge is -2.48. The van der Waals surface area contributed by atoms with E-state index in [9.17, 15) is 0 Å². The minimum absolute atomic E-state index is 0.0158. The van der Waals surface area contributed by atoms with Gasteiger partial charge in [-0.1, -0.05) is 170 Å². The van der Waals surface area contributed by atoms with Crippen LogP contribution in [-0.2, 0) is 32.5 Å². The summed E-state index contributed by atoms with van der Waals surface area (Å²) in [5.74, 6) is 0. The number of fused-ring (bicyclic) bond motifs is 10. The predicted octanol–water partition coefficient (Wildman–Crippen LogP) is 17.4. The summed E-state index contributed by atoms with van der Waals surface area (Å²) in [6.07, 6.45) is 4.73. The molecule has 4 aliphatic rings. The molecule has 0 unspecified atom stereocenters. The van der Waals surface area contributed by atoms with E-state index < -0.39 is 0 Å². The lowest BCUT2D eigenvalue weighted by Crippen LogP contribution is -2.62.